The van der Waals surface area contributed by atoms with Gasteiger partial charge in [0, 0.05) is 29.3 Å². The molecule has 244 valence electrons. The van der Waals surface area contributed by atoms with Crippen LogP contribution in [0.15, 0.2) is 60.7 Å². The van der Waals surface area contributed by atoms with Crippen LogP contribution in [0.1, 0.15) is 53.1 Å². The largest absolute Gasteiger partial charge is 0.493 e. The summed E-state index contributed by atoms with van der Waals surface area (Å²) in [5.41, 5.74) is -5.07. The molecule has 2 nitrogen and oxygen atoms in total. The lowest BCUT2D eigenvalue weighted by atomic mass is 10.1. The first-order valence-electron chi connectivity index (χ1n) is 13.5. The molecule has 0 saturated carbocycles. The quantitative estimate of drug-likeness (QED) is 0.111. The number of hydrogen-bond acceptors (Lipinski definition) is 2. The Balaban J connectivity index is 1.51. The normalized spacial score (nSPS) is 11.3. The van der Waals surface area contributed by atoms with Crippen molar-refractivity contribution in [3.63, 3.8) is 0 Å². The van der Waals surface area contributed by atoms with Gasteiger partial charge in [0.25, 0.3) is 0 Å². The first-order chi connectivity index (χ1) is 22.1. The van der Waals surface area contributed by atoms with Crippen LogP contribution in [0.3, 0.4) is 0 Å². The topological polar surface area (TPSA) is 18.5 Å². The molecule has 0 bridgehead atoms. The van der Waals surface area contributed by atoms with Crippen molar-refractivity contribution in [3.05, 3.63) is 129 Å². The highest BCUT2D eigenvalue weighted by Gasteiger charge is 2.43. The van der Waals surface area contributed by atoms with E-state index in [0.717, 1.165) is 18.9 Å². The van der Waals surface area contributed by atoms with Gasteiger partial charge in [-0.15, -0.1) is 0 Å². The van der Waals surface area contributed by atoms with Crippen LogP contribution < -0.4 is 9.47 Å². The average Bonchev–Trinajstić information content (AvgIpc) is 2.94. The van der Waals surface area contributed by atoms with Crippen molar-refractivity contribution < 1.29 is 57.8 Å². The van der Waals surface area contributed by atoms with Crippen LogP contribution in [0, 0.1) is 58.6 Å². The number of alkyl halides is 5. The maximum atomic E-state index is 14.7. The number of rotatable bonds is 7. The Bertz CT molecular complexity index is 1880. The van der Waals surface area contributed by atoms with Gasteiger partial charge in [0.1, 0.15) is 57.5 Å². The summed E-state index contributed by atoms with van der Waals surface area (Å²) in [5.74, 6) is -1.56. The lowest BCUT2D eigenvalue weighted by Gasteiger charge is -2.20. The first-order valence-corrected chi connectivity index (χ1v) is 13.5. The molecule has 0 aromatic heterocycles. The molecule has 0 amide bonds. The Hall–Kier alpha value is -5.17. The highest BCUT2D eigenvalue weighted by Crippen LogP contribution is 2.39. The van der Waals surface area contributed by atoms with Gasteiger partial charge in [0.05, 0.1) is 17.7 Å². The van der Waals surface area contributed by atoms with E-state index < -0.39 is 69.6 Å². The lowest BCUT2D eigenvalue weighted by molar-refractivity contribution is -0.189. The van der Waals surface area contributed by atoms with E-state index in [2.05, 4.69) is 28.4 Å². The number of unbranched alkanes of at least 4 members (excludes halogenated alkanes) is 1. The SMILES string of the molecule is CCCCOc1ccc(C#Cc2ccc(C#Cc3cc(F)c(C(F)(F)Oc4cc(F)c(C(F)(F)F)c(F)c4)c(F)c3)c(F)c2)c(F)c1. The zero-order valence-electron chi connectivity index (χ0n) is 23.9. The molecular formula is C34H19F11O2. The van der Waals surface area contributed by atoms with Crippen molar-refractivity contribution in [1.29, 1.82) is 0 Å². The van der Waals surface area contributed by atoms with Crippen molar-refractivity contribution in [2.75, 3.05) is 6.61 Å². The second kappa shape index (κ2) is 14.1. The van der Waals surface area contributed by atoms with Gasteiger partial charge < -0.3 is 9.47 Å². The van der Waals surface area contributed by atoms with E-state index in [1.807, 2.05) is 6.92 Å². The number of benzene rings is 4. The predicted molar refractivity (Wildman–Crippen MR) is 147 cm³/mol. The second-order valence-corrected chi connectivity index (χ2v) is 9.73. The third kappa shape index (κ3) is 8.55. The van der Waals surface area contributed by atoms with Crippen LogP contribution in [-0.4, -0.2) is 6.61 Å². The molecule has 0 fully saturated rings. The van der Waals surface area contributed by atoms with E-state index in [1.165, 1.54) is 30.3 Å². The van der Waals surface area contributed by atoms with Gasteiger partial charge in [-0.25, -0.2) is 26.3 Å². The lowest BCUT2D eigenvalue weighted by Crippen LogP contribution is -2.25. The van der Waals surface area contributed by atoms with Gasteiger partial charge in [-0.05, 0) is 48.9 Å². The zero-order chi connectivity index (χ0) is 34.5. The summed E-state index contributed by atoms with van der Waals surface area (Å²) in [6.07, 6.45) is -8.74. The van der Waals surface area contributed by atoms with Gasteiger partial charge in [0.15, 0.2) is 0 Å². The van der Waals surface area contributed by atoms with Gasteiger partial charge >= 0.3 is 12.3 Å². The van der Waals surface area contributed by atoms with Crippen molar-refractivity contribution in [1.82, 2.24) is 0 Å². The third-order valence-electron chi connectivity index (χ3n) is 6.24. The van der Waals surface area contributed by atoms with E-state index in [1.54, 1.807) is 0 Å². The van der Waals surface area contributed by atoms with Gasteiger partial charge in [-0.2, -0.15) is 22.0 Å². The van der Waals surface area contributed by atoms with Crippen LogP contribution in [0.5, 0.6) is 11.5 Å². The van der Waals surface area contributed by atoms with Crippen molar-refractivity contribution in [3.8, 4) is 35.2 Å². The Kier molecular flexibility index (Phi) is 10.4. The molecule has 0 heterocycles. The monoisotopic (exact) mass is 668 g/mol. The molecule has 0 saturated heterocycles. The summed E-state index contributed by atoms with van der Waals surface area (Å²) in [4.78, 5) is 0. The van der Waals surface area contributed by atoms with E-state index in [9.17, 15) is 48.3 Å². The van der Waals surface area contributed by atoms with Crippen LogP contribution in [0.25, 0.3) is 0 Å². The minimum atomic E-state index is -5.50. The summed E-state index contributed by atoms with van der Waals surface area (Å²) in [6, 6.07) is 7.80. The molecule has 0 unspecified atom stereocenters. The van der Waals surface area contributed by atoms with Gasteiger partial charge in [0.2, 0.25) is 0 Å². The molecule has 4 rings (SSSR count). The summed E-state index contributed by atoms with van der Waals surface area (Å²) in [5, 5.41) is 0. The minimum absolute atomic E-state index is 0.0271. The predicted octanol–water partition coefficient (Wildman–Crippen LogP) is 9.65. The Labute approximate surface area is 260 Å². The highest BCUT2D eigenvalue weighted by molar-refractivity contribution is 5.50. The standard InChI is InChI=1S/C34H19F11O2/c1-2-3-12-46-23-11-10-22(26(36)16-23)8-5-19-4-7-21(25(35)13-19)9-6-20-14-27(37)32(28(38)15-20)34(44,45)47-24-17-29(39)31(30(40)18-24)33(41,42)43/h4,7,10-11,13-18H,2-3,12H2,1H3. The fourth-order valence-electron chi connectivity index (χ4n) is 4.00. The Morgan fingerprint density at radius 2 is 1.04 bits per heavy atom. The third-order valence-corrected chi connectivity index (χ3v) is 6.24. The molecule has 0 spiro atoms. The summed E-state index contributed by atoms with van der Waals surface area (Å²) in [7, 11) is 0. The smallest absolute Gasteiger partial charge is 0.432 e. The molecule has 0 aliphatic carbocycles. The minimum Gasteiger partial charge on any atom is -0.493 e. The molecule has 47 heavy (non-hydrogen) atoms. The summed E-state index contributed by atoms with van der Waals surface area (Å²) in [6.45, 7) is 2.41. The molecule has 4 aromatic rings. The average molecular weight is 669 g/mol. The maximum absolute atomic E-state index is 14.7. The van der Waals surface area contributed by atoms with E-state index >= 15 is 0 Å². The summed E-state index contributed by atoms with van der Waals surface area (Å²) < 4.78 is 162. The fourth-order valence-corrected chi connectivity index (χ4v) is 4.00. The molecule has 0 aliphatic heterocycles. The van der Waals surface area contributed by atoms with Crippen LogP contribution in [-0.2, 0) is 12.3 Å². The van der Waals surface area contributed by atoms with Crippen molar-refractivity contribution in [2.24, 2.45) is 0 Å². The first kappa shape index (κ1) is 34.7. The Morgan fingerprint density at radius 3 is 1.57 bits per heavy atom. The molecule has 4 aromatic carbocycles. The maximum Gasteiger partial charge on any atom is 0.432 e. The molecule has 0 aliphatic rings. The fraction of sp³-hybridized carbons (Fsp3) is 0.176. The van der Waals surface area contributed by atoms with Gasteiger partial charge in [-0.1, -0.05) is 37.0 Å². The van der Waals surface area contributed by atoms with E-state index in [-0.39, 0.29) is 28.8 Å². The molecule has 0 radical (unpaired) electrons. The van der Waals surface area contributed by atoms with Crippen molar-refractivity contribution in [2.45, 2.75) is 32.1 Å². The number of hydrogen-bond donors (Lipinski definition) is 0. The molecule has 0 atom stereocenters. The van der Waals surface area contributed by atoms with E-state index in [4.69, 9.17) is 4.74 Å². The van der Waals surface area contributed by atoms with E-state index in [0.29, 0.717) is 24.5 Å². The number of halogens is 11. The molecule has 0 N–H and O–H groups in total. The molecular weight excluding hydrogens is 649 g/mol. The van der Waals surface area contributed by atoms with Crippen LogP contribution in [0.4, 0.5) is 48.3 Å². The second-order valence-electron chi connectivity index (χ2n) is 9.73. The van der Waals surface area contributed by atoms with Crippen LogP contribution >= 0.6 is 0 Å². The number of ether oxygens (including phenoxy) is 2. The van der Waals surface area contributed by atoms with Crippen molar-refractivity contribution >= 4 is 0 Å². The summed E-state index contributed by atoms with van der Waals surface area (Å²) >= 11 is 0. The highest BCUT2D eigenvalue weighted by atomic mass is 19.4. The van der Waals surface area contributed by atoms with Gasteiger partial charge in [-0.3, -0.25) is 0 Å². The zero-order valence-corrected chi connectivity index (χ0v) is 23.9. The Morgan fingerprint density at radius 1 is 0.553 bits per heavy atom. The molecule has 13 heteroatoms. The van der Waals surface area contributed by atoms with Crippen LogP contribution in [0.2, 0.25) is 0 Å².